The summed E-state index contributed by atoms with van der Waals surface area (Å²) in [5, 5.41) is 2.57. The first-order chi connectivity index (χ1) is 4.83. The molecule has 0 aliphatic carbocycles. The van der Waals surface area contributed by atoms with Gasteiger partial charge in [0.1, 0.15) is 6.10 Å². The maximum atomic E-state index is 10.6. The molecule has 1 saturated heterocycles. The SMILES string of the molecule is C=CC[C@@H]1CCNC(=O)O1. The van der Waals surface area contributed by atoms with Crippen LogP contribution in [0.3, 0.4) is 0 Å². The molecule has 0 aromatic rings. The van der Waals surface area contributed by atoms with E-state index >= 15 is 0 Å². The van der Waals surface area contributed by atoms with Crippen molar-refractivity contribution in [1.82, 2.24) is 5.32 Å². The minimum Gasteiger partial charge on any atom is -0.446 e. The Labute approximate surface area is 60.1 Å². The molecule has 1 fully saturated rings. The van der Waals surface area contributed by atoms with Gasteiger partial charge in [-0.2, -0.15) is 0 Å². The van der Waals surface area contributed by atoms with E-state index in [4.69, 9.17) is 4.74 Å². The molecular weight excluding hydrogens is 130 g/mol. The Morgan fingerprint density at radius 1 is 1.90 bits per heavy atom. The lowest BCUT2D eigenvalue weighted by molar-refractivity contribution is 0.0758. The molecule has 0 aromatic heterocycles. The number of carbonyl (C=O) groups excluding carboxylic acids is 1. The average molecular weight is 141 g/mol. The quantitative estimate of drug-likeness (QED) is 0.584. The normalized spacial score (nSPS) is 24.8. The summed E-state index contributed by atoms with van der Waals surface area (Å²) in [6, 6.07) is 0. The Morgan fingerprint density at radius 2 is 2.70 bits per heavy atom. The molecule has 0 bridgehead atoms. The summed E-state index contributed by atoms with van der Waals surface area (Å²) in [6.45, 7) is 4.29. The van der Waals surface area contributed by atoms with E-state index in [1.54, 1.807) is 6.08 Å². The van der Waals surface area contributed by atoms with Gasteiger partial charge in [-0.15, -0.1) is 6.58 Å². The van der Waals surface area contributed by atoms with E-state index in [-0.39, 0.29) is 12.2 Å². The molecule has 1 rings (SSSR count). The Hall–Kier alpha value is -0.990. The second-order valence-electron chi connectivity index (χ2n) is 2.27. The van der Waals surface area contributed by atoms with Crippen molar-refractivity contribution in [1.29, 1.82) is 0 Å². The maximum absolute atomic E-state index is 10.6. The predicted molar refractivity (Wildman–Crippen MR) is 37.7 cm³/mol. The number of carbonyl (C=O) groups is 1. The van der Waals surface area contributed by atoms with Gasteiger partial charge in [-0.05, 0) is 0 Å². The lowest BCUT2D eigenvalue weighted by Gasteiger charge is -2.21. The number of alkyl carbamates (subject to hydrolysis) is 1. The summed E-state index contributed by atoms with van der Waals surface area (Å²) >= 11 is 0. The minimum absolute atomic E-state index is 0.0475. The molecule has 0 saturated carbocycles. The zero-order valence-electron chi connectivity index (χ0n) is 5.80. The van der Waals surface area contributed by atoms with Crippen molar-refractivity contribution in [2.45, 2.75) is 18.9 Å². The smallest absolute Gasteiger partial charge is 0.407 e. The van der Waals surface area contributed by atoms with Gasteiger partial charge in [-0.25, -0.2) is 4.79 Å². The van der Waals surface area contributed by atoms with Gasteiger partial charge in [-0.3, -0.25) is 0 Å². The van der Waals surface area contributed by atoms with Gasteiger partial charge < -0.3 is 10.1 Å². The molecule has 3 heteroatoms. The predicted octanol–water partition coefficient (Wildman–Crippen LogP) is 1.06. The molecule has 0 aromatic carbocycles. The fourth-order valence-electron chi connectivity index (χ4n) is 0.939. The van der Waals surface area contributed by atoms with Gasteiger partial charge in [0.25, 0.3) is 0 Å². The van der Waals surface area contributed by atoms with Crippen LogP contribution in [0.2, 0.25) is 0 Å². The van der Waals surface area contributed by atoms with Gasteiger partial charge in [0.2, 0.25) is 0 Å². The van der Waals surface area contributed by atoms with Crippen LogP contribution in [0.1, 0.15) is 12.8 Å². The molecule has 0 unspecified atom stereocenters. The van der Waals surface area contributed by atoms with Crippen molar-refractivity contribution in [2.24, 2.45) is 0 Å². The molecule has 1 N–H and O–H groups in total. The average Bonchev–Trinajstić information content (AvgIpc) is 1.88. The molecule has 0 spiro atoms. The van der Waals surface area contributed by atoms with Crippen LogP contribution in [-0.4, -0.2) is 18.7 Å². The fourth-order valence-corrected chi connectivity index (χ4v) is 0.939. The van der Waals surface area contributed by atoms with Crippen LogP contribution in [0.25, 0.3) is 0 Å². The first kappa shape index (κ1) is 7.12. The summed E-state index contributed by atoms with van der Waals surface area (Å²) in [7, 11) is 0. The van der Waals surface area contributed by atoms with Crippen LogP contribution < -0.4 is 5.32 Å². The van der Waals surface area contributed by atoms with Crippen molar-refractivity contribution in [3.63, 3.8) is 0 Å². The molecule has 1 aliphatic heterocycles. The van der Waals surface area contributed by atoms with E-state index in [1.807, 2.05) is 0 Å². The fraction of sp³-hybridized carbons (Fsp3) is 0.571. The molecule has 10 heavy (non-hydrogen) atoms. The number of hydrogen-bond donors (Lipinski definition) is 1. The topological polar surface area (TPSA) is 38.3 Å². The largest absolute Gasteiger partial charge is 0.446 e. The summed E-state index contributed by atoms with van der Waals surface area (Å²) in [6.07, 6.45) is 3.15. The third kappa shape index (κ3) is 1.76. The van der Waals surface area contributed by atoms with Crippen molar-refractivity contribution in [3.8, 4) is 0 Å². The highest BCUT2D eigenvalue weighted by Crippen LogP contribution is 2.07. The molecule has 56 valence electrons. The highest BCUT2D eigenvalue weighted by molar-refractivity contribution is 5.67. The number of hydrogen-bond acceptors (Lipinski definition) is 2. The zero-order valence-corrected chi connectivity index (χ0v) is 5.80. The van der Waals surface area contributed by atoms with E-state index in [1.165, 1.54) is 0 Å². The maximum Gasteiger partial charge on any atom is 0.407 e. The monoisotopic (exact) mass is 141 g/mol. The standard InChI is InChI=1S/C7H11NO2/c1-2-3-6-4-5-8-7(9)10-6/h2,6H,1,3-5H2,(H,8,9)/t6-/m1/s1. The van der Waals surface area contributed by atoms with Gasteiger partial charge in [0, 0.05) is 19.4 Å². The van der Waals surface area contributed by atoms with Gasteiger partial charge >= 0.3 is 6.09 Å². The second-order valence-corrected chi connectivity index (χ2v) is 2.27. The number of nitrogens with one attached hydrogen (secondary N) is 1. The Balaban J connectivity index is 2.31. The second kappa shape index (κ2) is 3.25. The highest BCUT2D eigenvalue weighted by Gasteiger charge is 2.17. The zero-order chi connectivity index (χ0) is 7.40. The highest BCUT2D eigenvalue weighted by atomic mass is 16.6. The van der Waals surface area contributed by atoms with Gasteiger partial charge in [0.05, 0.1) is 0 Å². The van der Waals surface area contributed by atoms with Crippen LogP contribution in [-0.2, 0) is 4.74 Å². The number of cyclic esters (lactones) is 1. The third-order valence-electron chi connectivity index (χ3n) is 1.44. The number of rotatable bonds is 2. The van der Waals surface area contributed by atoms with Crippen LogP contribution in [0, 0.1) is 0 Å². The Kier molecular flexibility index (Phi) is 2.31. The Morgan fingerprint density at radius 3 is 3.30 bits per heavy atom. The number of amides is 1. The van der Waals surface area contributed by atoms with Crippen molar-refractivity contribution >= 4 is 6.09 Å². The summed E-state index contributed by atoms with van der Waals surface area (Å²) in [5.74, 6) is 0. The van der Waals surface area contributed by atoms with Gasteiger partial charge in [-0.1, -0.05) is 6.08 Å². The van der Waals surface area contributed by atoms with E-state index < -0.39 is 0 Å². The summed E-state index contributed by atoms with van der Waals surface area (Å²) in [5.41, 5.74) is 0. The van der Waals surface area contributed by atoms with E-state index in [9.17, 15) is 4.79 Å². The van der Waals surface area contributed by atoms with Crippen LogP contribution in [0.4, 0.5) is 4.79 Å². The molecule has 1 heterocycles. The van der Waals surface area contributed by atoms with Crippen LogP contribution >= 0.6 is 0 Å². The molecule has 3 nitrogen and oxygen atoms in total. The van der Waals surface area contributed by atoms with Crippen molar-refractivity contribution < 1.29 is 9.53 Å². The van der Waals surface area contributed by atoms with Crippen molar-refractivity contribution in [2.75, 3.05) is 6.54 Å². The number of ether oxygens (including phenoxy) is 1. The summed E-state index contributed by atoms with van der Waals surface area (Å²) < 4.78 is 4.91. The minimum atomic E-state index is -0.307. The molecule has 1 atom stereocenters. The lowest BCUT2D eigenvalue weighted by Crippen LogP contribution is -2.37. The summed E-state index contributed by atoms with van der Waals surface area (Å²) in [4.78, 5) is 10.6. The van der Waals surface area contributed by atoms with E-state index in [0.29, 0.717) is 0 Å². The van der Waals surface area contributed by atoms with Crippen LogP contribution in [0.5, 0.6) is 0 Å². The first-order valence-electron chi connectivity index (χ1n) is 3.38. The molecule has 0 radical (unpaired) electrons. The third-order valence-corrected chi connectivity index (χ3v) is 1.44. The van der Waals surface area contributed by atoms with Crippen LogP contribution in [0.15, 0.2) is 12.7 Å². The Bertz CT molecular complexity index is 145. The lowest BCUT2D eigenvalue weighted by atomic mass is 10.2. The molecular formula is C7H11NO2. The molecule has 1 amide bonds. The molecule has 1 aliphatic rings. The van der Waals surface area contributed by atoms with Gasteiger partial charge in [0.15, 0.2) is 0 Å². The van der Waals surface area contributed by atoms with E-state index in [0.717, 1.165) is 19.4 Å². The van der Waals surface area contributed by atoms with Crippen molar-refractivity contribution in [3.05, 3.63) is 12.7 Å². The van der Waals surface area contributed by atoms with E-state index in [2.05, 4.69) is 11.9 Å². The first-order valence-corrected chi connectivity index (χ1v) is 3.38.